The summed E-state index contributed by atoms with van der Waals surface area (Å²) in [6, 6.07) is 4.51. The number of nitrogens with zero attached hydrogens (tertiary/aromatic N) is 2. The summed E-state index contributed by atoms with van der Waals surface area (Å²) < 4.78 is 44.8. The van der Waals surface area contributed by atoms with Crippen molar-refractivity contribution in [3.8, 4) is 5.75 Å². The number of halogens is 3. The third-order valence-electron chi connectivity index (χ3n) is 3.41. The average Bonchev–Trinajstić information content (AvgIpc) is 2.77. The van der Waals surface area contributed by atoms with Gasteiger partial charge in [-0.1, -0.05) is 12.1 Å². The number of alkyl halides is 3. The topological polar surface area (TPSA) is 64.4 Å². The Morgan fingerprint density at radius 1 is 1.26 bits per heavy atom. The molecule has 0 amide bonds. The third kappa shape index (κ3) is 3.37. The number of esters is 1. The van der Waals surface area contributed by atoms with Gasteiger partial charge in [-0.25, -0.2) is 4.79 Å². The van der Waals surface area contributed by atoms with Crippen LogP contribution in [0.3, 0.4) is 0 Å². The van der Waals surface area contributed by atoms with Crippen molar-refractivity contribution in [1.29, 1.82) is 0 Å². The highest BCUT2D eigenvalue weighted by molar-refractivity contribution is 5.91. The van der Waals surface area contributed by atoms with E-state index in [9.17, 15) is 23.1 Å². The van der Waals surface area contributed by atoms with Crippen LogP contribution in [-0.4, -0.2) is 27.0 Å². The second-order valence-electron chi connectivity index (χ2n) is 5.29. The first-order chi connectivity index (χ1) is 10.5. The summed E-state index contributed by atoms with van der Waals surface area (Å²) in [4.78, 5) is 12.0. The minimum Gasteiger partial charge on any atom is -0.423 e. The van der Waals surface area contributed by atoms with Crippen molar-refractivity contribution in [2.75, 3.05) is 0 Å². The molecule has 8 heteroatoms. The van der Waals surface area contributed by atoms with E-state index in [2.05, 4.69) is 5.10 Å². The Morgan fingerprint density at radius 2 is 1.83 bits per heavy atom. The maximum Gasteiger partial charge on any atom is 0.421 e. The fourth-order valence-corrected chi connectivity index (χ4v) is 1.97. The number of rotatable bonds is 3. The minimum atomic E-state index is -4.81. The number of hydrogen-bond donors (Lipinski definition) is 1. The van der Waals surface area contributed by atoms with Gasteiger partial charge in [-0.05, 0) is 31.5 Å². The van der Waals surface area contributed by atoms with Crippen molar-refractivity contribution in [3.63, 3.8) is 0 Å². The standard InChI is InChI=1S/C15H15F3N2O3/c1-9-12(8-20(3)19-9)13(21)23-11-6-4-10(5-7-11)14(2,22)15(16,17)18/h4-8,22H,1-3H3/t14-/m1/s1. The predicted molar refractivity (Wildman–Crippen MR) is 75.0 cm³/mol. The van der Waals surface area contributed by atoms with Crippen molar-refractivity contribution in [2.45, 2.75) is 25.6 Å². The van der Waals surface area contributed by atoms with Crippen molar-refractivity contribution in [3.05, 3.63) is 47.3 Å². The molecule has 1 atom stereocenters. The smallest absolute Gasteiger partial charge is 0.421 e. The number of aryl methyl sites for hydroxylation is 2. The number of aromatic nitrogens is 2. The van der Waals surface area contributed by atoms with Gasteiger partial charge in [-0.2, -0.15) is 18.3 Å². The largest absolute Gasteiger partial charge is 0.423 e. The van der Waals surface area contributed by atoms with E-state index in [-0.39, 0.29) is 16.9 Å². The molecule has 23 heavy (non-hydrogen) atoms. The van der Waals surface area contributed by atoms with Crippen LogP contribution in [0, 0.1) is 6.92 Å². The van der Waals surface area contributed by atoms with Crippen LogP contribution < -0.4 is 4.74 Å². The van der Waals surface area contributed by atoms with Gasteiger partial charge in [-0.15, -0.1) is 0 Å². The maximum atomic E-state index is 12.8. The Hall–Kier alpha value is -2.35. The van der Waals surface area contributed by atoms with Gasteiger partial charge >= 0.3 is 12.1 Å². The molecule has 1 heterocycles. The quantitative estimate of drug-likeness (QED) is 0.695. The Kier molecular flexibility index (Phi) is 4.21. The zero-order chi connectivity index (χ0) is 17.4. The lowest BCUT2D eigenvalue weighted by atomic mass is 9.95. The molecule has 0 aliphatic heterocycles. The van der Waals surface area contributed by atoms with Gasteiger partial charge < -0.3 is 9.84 Å². The number of carbonyl (C=O) groups is 1. The first kappa shape index (κ1) is 17.0. The molecule has 1 N–H and O–H groups in total. The zero-order valence-corrected chi connectivity index (χ0v) is 12.7. The van der Waals surface area contributed by atoms with Gasteiger partial charge in [0, 0.05) is 13.2 Å². The molecular weight excluding hydrogens is 313 g/mol. The molecule has 5 nitrogen and oxygen atoms in total. The number of aliphatic hydroxyl groups is 1. The van der Waals surface area contributed by atoms with Gasteiger partial charge in [0.25, 0.3) is 0 Å². The summed E-state index contributed by atoms with van der Waals surface area (Å²) in [7, 11) is 1.65. The molecule has 0 saturated carbocycles. The van der Waals surface area contributed by atoms with Crippen molar-refractivity contribution >= 4 is 5.97 Å². The van der Waals surface area contributed by atoms with Crippen LogP contribution in [0.1, 0.15) is 28.5 Å². The minimum absolute atomic E-state index is 0.0694. The maximum absolute atomic E-state index is 12.8. The summed E-state index contributed by atoms with van der Waals surface area (Å²) in [5.74, 6) is -0.592. The summed E-state index contributed by atoms with van der Waals surface area (Å²) in [5, 5.41) is 13.6. The molecule has 0 spiro atoms. The predicted octanol–water partition coefficient (Wildman–Crippen LogP) is 2.72. The lowest BCUT2D eigenvalue weighted by Gasteiger charge is -2.26. The van der Waals surface area contributed by atoms with E-state index in [0.29, 0.717) is 12.6 Å². The van der Waals surface area contributed by atoms with E-state index in [1.54, 1.807) is 14.0 Å². The molecule has 0 unspecified atom stereocenters. The van der Waals surface area contributed by atoms with E-state index < -0.39 is 17.7 Å². The summed E-state index contributed by atoms with van der Waals surface area (Å²) in [6.45, 7) is 2.30. The van der Waals surface area contributed by atoms with Gasteiger partial charge in [-0.3, -0.25) is 4.68 Å². The van der Waals surface area contributed by atoms with Crippen LogP contribution in [0.2, 0.25) is 0 Å². The number of ether oxygens (including phenoxy) is 1. The van der Waals surface area contributed by atoms with Gasteiger partial charge in [0.1, 0.15) is 11.3 Å². The second-order valence-corrected chi connectivity index (χ2v) is 5.29. The van der Waals surface area contributed by atoms with Gasteiger partial charge in [0.2, 0.25) is 0 Å². The van der Waals surface area contributed by atoms with E-state index in [4.69, 9.17) is 4.74 Å². The molecule has 124 valence electrons. The Morgan fingerprint density at radius 3 is 2.26 bits per heavy atom. The molecule has 1 aromatic carbocycles. The van der Waals surface area contributed by atoms with Gasteiger partial charge in [0.05, 0.1) is 5.69 Å². The molecule has 1 aromatic heterocycles. The molecule has 0 bridgehead atoms. The first-order valence-corrected chi connectivity index (χ1v) is 6.64. The first-order valence-electron chi connectivity index (χ1n) is 6.64. The highest BCUT2D eigenvalue weighted by Crippen LogP contribution is 2.38. The molecule has 0 aliphatic carbocycles. The molecule has 0 aliphatic rings. The molecule has 0 radical (unpaired) electrons. The normalized spacial score (nSPS) is 14.4. The molecule has 0 fully saturated rings. The van der Waals surface area contributed by atoms with Crippen LogP contribution in [0.25, 0.3) is 0 Å². The molecule has 2 aromatic rings. The summed E-state index contributed by atoms with van der Waals surface area (Å²) in [5.41, 5.74) is -2.58. The molecule has 0 saturated heterocycles. The fourth-order valence-electron chi connectivity index (χ4n) is 1.97. The average molecular weight is 328 g/mol. The molecule has 2 rings (SSSR count). The van der Waals surface area contributed by atoms with Crippen LogP contribution in [-0.2, 0) is 12.6 Å². The van der Waals surface area contributed by atoms with Crippen LogP contribution in [0.5, 0.6) is 5.75 Å². The third-order valence-corrected chi connectivity index (χ3v) is 3.41. The zero-order valence-electron chi connectivity index (χ0n) is 12.7. The van der Waals surface area contributed by atoms with E-state index in [1.807, 2.05) is 0 Å². The fraction of sp³-hybridized carbons (Fsp3) is 0.333. The highest BCUT2D eigenvalue weighted by Gasteiger charge is 2.51. The van der Waals surface area contributed by atoms with Gasteiger partial charge in [0.15, 0.2) is 5.60 Å². The van der Waals surface area contributed by atoms with E-state index in [1.165, 1.54) is 23.0 Å². The van der Waals surface area contributed by atoms with Crippen molar-refractivity contribution in [2.24, 2.45) is 7.05 Å². The number of benzene rings is 1. The Balaban J connectivity index is 2.18. The lowest BCUT2D eigenvalue weighted by molar-refractivity contribution is -0.258. The summed E-state index contributed by atoms with van der Waals surface area (Å²) in [6.07, 6.45) is -3.32. The Bertz CT molecular complexity index is 719. The van der Waals surface area contributed by atoms with E-state index in [0.717, 1.165) is 12.1 Å². The number of carbonyl (C=O) groups excluding carboxylic acids is 1. The number of hydrogen-bond acceptors (Lipinski definition) is 4. The van der Waals surface area contributed by atoms with Crippen molar-refractivity contribution < 1.29 is 27.8 Å². The summed E-state index contributed by atoms with van der Waals surface area (Å²) >= 11 is 0. The highest BCUT2D eigenvalue weighted by atomic mass is 19.4. The van der Waals surface area contributed by atoms with Crippen LogP contribution >= 0.6 is 0 Å². The second kappa shape index (κ2) is 5.69. The molecular formula is C15H15F3N2O3. The van der Waals surface area contributed by atoms with Crippen LogP contribution in [0.4, 0.5) is 13.2 Å². The monoisotopic (exact) mass is 328 g/mol. The van der Waals surface area contributed by atoms with Crippen molar-refractivity contribution in [1.82, 2.24) is 9.78 Å². The SMILES string of the molecule is Cc1nn(C)cc1C(=O)Oc1ccc([C@@](C)(O)C(F)(F)F)cc1. The Labute approximate surface area is 130 Å². The van der Waals surface area contributed by atoms with E-state index >= 15 is 0 Å². The van der Waals surface area contributed by atoms with Crippen LogP contribution in [0.15, 0.2) is 30.5 Å². The lowest BCUT2D eigenvalue weighted by Crippen LogP contribution is -2.39.